The number of anilines is 1. The number of hydrogen-bond acceptors (Lipinski definition) is 5. The van der Waals surface area contributed by atoms with E-state index in [1.54, 1.807) is 7.11 Å². The van der Waals surface area contributed by atoms with Gasteiger partial charge in [0.1, 0.15) is 5.75 Å². The third kappa shape index (κ3) is 6.33. The van der Waals surface area contributed by atoms with Crippen LogP contribution in [0.1, 0.15) is 17.2 Å². The molecule has 0 fully saturated rings. The van der Waals surface area contributed by atoms with Crippen LogP contribution in [0.15, 0.2) is 48.5 Å². The molecule has 0 spiro atoms. The molecule has 0 aliphatic carbocycles. The zero-order valence-electron chi connectivity index (χ0n) is 16.4. The van der Waals surface area contributed by atoms with Gasteiger partial charge in [0.2, 0.25) is 0 Å². The van der Waals surface area contributed by atoms with E-state index < -0.39 is 0 Å². The molecule has 0 aliphatic heterocycles. The third-order valence-corrected chi connectivity index (χ3v) is 4.50. The smallest absolute Gasteiger partial charge is 0.118 e. The van der Waals surface area contributed by atoms with Crippen molar-refractivity contribution < 1.29 is 4.74 Å². The summed E-state index contributed by atoms with van der Waals surface area (Å²) in [4.78, 5) is 4.45. The highest BCUT2D eigenvalue weighted by atomic mass is 16.5. The lowest BCUT2D eigenvalue weighted by molar-refractivity contribution is 0.414. The maximum atomic E-state index is 6.33. The van der Waals surface area contributed by atoms with Crippen molar-refractivity contribution >= 4 is 5.69 Å². The van der Waals surface area contributed by atoms with Crippen molar-refractivity contribution in [1.82, 2.24) is 10.2 Å². The number of hydrogen-bond donors (Lipinski definition) is 2. The molecular weight excluding hydrogens is 324 g/mol. The van der Waals surface area contributed by atoms with Crippen LogP contribution in [0.5, 0.6) is 5.75 Å². The van der Waals surface area contributed by atoms with Gasteiger partial charge in [-0.1, -0.05) is 24.3 Å². The summed E-state index contributed by atoms with van der Waals surface area (Å²) in [5, 5.41) is 3.43. The lowest BCUT2D eigenvalue weighted by Crippen LogP contribution is -2.28. The van der Waals surface area contributed by atoms with Crippen LogP contribution in [0.3, 0.4) is 0 Å². The number of nitrogens with one attached hydrogen (secondary N) is 1. The van der Waals surface area contributed by atoms with Gasteiger partial charge >= 0.3 is 0 Å². The van der Waals surface area contributed by atoms with E-state index in [0.717, 1.165) is 37.5 Å². The Kier molecular flexibility index (Phi) is 7.91. The van der Waals surface area contributed by atoms with Crippen molar-refractivity contribution in [3.05, 3.63) is 59.7 Å². The number of methoxy groups -OCH3 is 1. The minimum absolute atomic E-state index is 0.0191. The quantitative estimate of drug-likeness (QED) is 0.685. The number of benzene rings is 2. The Morgan fingerprint density at radius 3 is 2.19 bits per heavy atom. The summed E-state index contributed by atoms with van der Waals surface area (Å²) >= 11 is 0. The fourth-order valence-electron chi connectivity index (χ4n) is 2.69. The van der Waals surface area contributed by atoms with E-state index in [0.29, 0.717) is 0 Å². The molecule has 5 nitrogen and oxygen atoms in total. The maximum Gasteiger partial charge on any atom is 0.118 e. The van der Waals surface area contributed by atoms with E-state index in [4.69, 9.17) is 10.5 Å². The molecule has 0 aliphatic rings. The predicted octanol–water partition coefficient (Wildman–Crippen LogP) is 2.48. The molecule has 26 heavy (non-hydrogen) atoms. The third-order valence-electron chi connectivity index (χ3n) is 4.50. The second-order valence-corrected chi connectivity index (χ2v) is 6.90. The SMILES string of the molecule is COc1ccc(CNCC(N)c2ccc(N(C)CCN(C)C)cc2)cc1. The first-order valence-corrected chi connectivity index (χ1v) is 9.04. The molecule has 1 unspecified atom stereocenters. The van der Waals surface area contributed by atoms with Crippen LogP contribution in [0.4, 0.5) is 5.69 Å². The fourth-order valence-corrected chi connectivity index (χ4v) is 2.69. The zero-order valence-corrected chi connectivity index (χ0v) is 16.4. The van der Waals surface area contributed by atoms with Crippen molar-refractivity contribution in [2.24, 2.45) is 5.73 Å². The van der Waals surface area contributed by atoms with Crippen molar-refractivity contribution in [2.75, 3.05) is 52.8 Å². The molecule has 0 aromatic heterocycles. The summed E-state index contributed by atoms with van der Waals surface area (Å²) in [6.07, 6.45) is 0. The van der Waals surface area contributed by atoms with Gasteiger partial charge in [-0.25, -0.2) is 0 Å². The zero-order chi connectivity index (χ0) is 18.9. The Bertz CT molecular complexity index is 640. The van der Waals surface area contributed by atoms with Crippen LogP contribution in [0, 0.1) is 0 Å². The van der Waals surface area contributed by atoms with Gasteiger partial charge in [0.15, 0.2) is 0 Å². The highest BCUT2D eigenvalue weighted by Gasteiger charge is 2.07. The van der Waals surface area contributed by atoms with Crippen LogP contribution >= 0.6 is 0 Å². The number of nitrogens with two attached hydrogens (primary N) is 1. The van der Waals surface area contributed by atoms with Gasteiger partial charge < -0.3 is 25.6 Å². The monoisotopic (exact) mass is 356 g/mol. The van der Waals surface area contributed by atoms with Crippen molar-refractivity contribution in [2.45, 2.75) is 12.6 Å². The van der Waals surface area contributed by atoms with E-state index in [9.17, 15) is 0 Å². The van der Waals surface area contributed by atoms with Gasteiger partial charge in [-0.3, -0.25) is 0 Å². The molecule has 3 N–H and O–H groups in total. The van der Waals surface area contributed by atoms with Gasteiger partial charge in [-0.05, 0) is 49.5 Å². The lowest BCUT2D eigenvalue weighted by atomic mass is 10.1. The second-order valence-electron chi connectivity index (χ2n) is 6.90. The minimum Gasteiger partial charge on any atom is -0.497 e. The van der Waals surface area contributed by atoms with Crippen molar-refractivity contribution in [1.29, 1.82) is 0 Å². The van der Waals surface area contributed by atoms with Crippen molar-refractivity contribution in [3.8, 4) is 5.75 Å². The summed E-state index contributed by atoms with van der Waals surface area (Å²) in [6, 6.07) is 16.6. The molecule has 1 atom stereocenters. The molecule has 0 saturated heterocycles. The average molecular weight is 357 g/mol. The first-order valence-electron chi connectivity index (χ1n) is 9.04. The van der Waals surface area contributed by atoms with E-state index in [1.165, 1.54) is 11.3 Å². The Balaban J connectivity index is 1.80. The van der Waals surface area contributed by atoms with E-state index >= 15 is 0 Å². The Morgan fingerprint density at radius 1 is 0.962 bits per heavy atom. The maximum absolute atomic E-state index is 6.33. The number of nitrogens with zero attached hydrogens (tertiary/aromatic N) is 2. The number of rotatable bonds is 10. The molecule has 0 heterocycles. The average Bonchev–Trinajstić information content (AvgIpc) is 2.66. The molecule has 0 bridgehead atoms. The van der Waals surface area contributed by atoms with Crippen LogP contribution < -0.4 is 20.7 Å². The Labute approximate surface area is 157 Å². The summed E-state index contributed by atoms with van der Waals surface area (Å²) in [7, 11) is 7.98. The van der Waals surface area contributed by atoms with Crippen molar-refractivity contribution in [3.63, 3.8) is 0 Å². The first-order chi connectivity index (χ1) is 12.5. The summed E-state index contributed by atoms with van der Waals surface area (Å²) in [5.74, 6) is 0.876. The molecule has 2 aromatic carbocycles. The largest absolute Gasteiger partial charge is 0.497 e. The van der Waals surface area contributed by atoms with E-state index in [1.807, 2.05) is 12.1 Å². The van der Waals surface area contributed by atoms with Crippen LogP contribution in [-0.2, 0) is 6.54 Å². The van der Waals surface area contributed by atoms with Gasteiger partial charge in [0.25, 0.3) is 0 Å². The normalized spacial score (nSPS) is 12.2. The molecule has 142 valence electrons. The van der Waals surface area contributed by atoms with E-state index in [2.05, 4.69) is 72.7 Å². The van der Waals surface area contributed by atoms with Crippen LogP contribution in [0.2, 0.25) is 0 Å². The van der Waals surface area contributed by atoms with Gasteiger partial charge in [0.05, 0.1) is 7.11 Å². The summed E-state index contributed by atoms with van der Waals surface area (Å²) in [6.45, 7) is 3.57. The second kappa shape index (κ2) is 10.2. The topological polar surface area (TPSA) is 53.8 Å². The predicted molar refractivity (Wildman–Crippen MR) is 110 cm³/mol. The van der Waals surface area contributed by atoms with Gasteiger partial charge in [0, 0.05) is 45.0 Å². The van der Waals surface area contributed by atoms with Gasteiger partial charge in [-0.15, -0.1) is 0 Å². The molecule has 0 radical (unpaired) electrons. The number of likely N-dealkylation sites (N-methyl/N-ethyl adjacent to an activating group) is 2. The molecule has 2 aromatic rings. The molecule has 2 rings (SSSR count). The summed E-state index contributed by atoms with van der Waals surface area (Å²) in [5.41, 5.74) is 9.91. The Morgan fingerprint density at radius 2 is 1.62 bits per heavy atom. The number of ether oxygens (including phenoxy) is 1. The summed E-state index contributed by atoms with van der Waals surface area (Å²) < 4.78 is 5.18. The molecular formula is C21H32N4O. The minimum atomic E-state index is -0.0191. The Hall–Kier alpha value is -2.08. The van der Waals surface area contributed by atoms with Gasteiger partial charge in [-0.2, -0.15) is 0 Å². The highest BCUT2D eigenvalue weighted by molar-refractivity contribution is 5.47. The first kappa shape index (κ1) is 20.2. The van der Waals surface area contributed by atoms with Crippen LogP contribution in [0.25, 0.3) is 0 Å². The van der Waals surface area contributed by atoms with Crippen LogP contribution in [-0.4, -0.2) is 52.8 Å². The standard InChI is InChI=1S/C21H32N4O/c1-24(2)13-14-25(3)19-9-7-18(8-10-19)21(22)16-23-15-17-5-11-20(26-4)12-6-17/h5-12,21,23H,13-16,22H2,1-4H3. The highest BCUT2D eigenvalue weighted by Crippen LogP contribution is 2.17. The fraction of sp³-hybridized carbons (Fsp3) is 0.429. The molecule has 5 heteroatoms. The van der Waals surface area contributed by atoms with E-state index in [-0.39, 0.29) is 6.04 Å². The molecule has 0 saturated carbocycles. The lowest BCUT2D eigenvalue weighted by Gasteiger charge is -2.22. The molecule has 0 amide bonds.